The van der Waals surface area contributed by atoms with Crippen LogP contribution in [0.1, 0.15) is 22.9 Å². The number of hydrogen-bond acceptors (Lipinski definition) is 5. The molecule has 1 aliphatic rings. The van der Waals surface area contributed by atoms with Gasteiger partial charge in [-0.25, -0.2) is 4.98 Å². The predicted octanol–water partition coefficient (Wildman–Crippen LogP) is 5.55. The van der Waals surface area contributed by atoms with E-state index in [2.05, 4.69) is 75.4 Å². The Morgan fingerprint density at radius 3 is 1.80 bits per heavy atom. The third-order valence-electron chi connectivity index (χ3n) is 5.04. The lowest BCUT2D eigenvalue weighted by Crippen LogP contribution is -2.47. The number of thiazole rings is 1. The largest absolute Gasteiger partial charge is 0.375 e. The maximum Gasteiger partial charge on any atom is 0.181 e. The summed E-state index contributed by atoms with van der Waals surface area (Å²) in [6, 6.07) is 21.8. The third kappa shape index (κ3) is 6.47. The average molecular weight is 508 g/mol. The fourth-order valence-electron chi connectivity index (χ4n) is 3.72. The van der Waals surface area contributed by atoms with Crippen molar-refractivity contribution in [2.75, 3.05) is 31.9 Å². The van der Waals surface area contributed by atoms with Crippen molar-refractivity contribution < 1.29 is 0 Å². The van der Waals surface area contributed by atoms with E-state index in [4.69, 9.17) is 17.3 Å². The Kier molecular flexibility index (Phi) is 11.4. The van der Waals surface area contributed by atoms with Gasteiger partial charge in [0.1, 0.15) is 4.34 Å². The van der Waals surface area contributed by atoms with Crippen molar-refractivity contribution in [3.63, 3.8) is 0 Å². The lowest BCUT2D eigenvalue weighted by molar-refractivity contribution is 0.104. The second kappa shape index (κ2) is 12.7. The van der Waals surface area contributed by atoms with Crippen molar-refractivity contribution in [3.8, 4) is 0 Å². The van der Waals surface area contributed by atoms with E-state index < -0.39 is 0 Å². The highest BCUT2D eigenvalue weighted by Gasteiger charge is 2.26. The summed E-state index contributed by atoms with van der Waals surface area (Å²) in [6.07, 6.45) is 0. The summed E-state index contributed by atoms with van der Waals surface area (Å²) < 4.78 is 0.710. The first-order chi connectivity index (χ1) is 13.2. The zero-order chi connectivity index (χ0) is 18.6. The van der Waals surface area contributed by atoms with Crippen molar-refractivity contribution in [1.29, 1.82) is 0 Å². The molecule has 2 N–H and O–H groups in total. The molecular weight excluding hydrogens is 482 g/mol. The molecule has 4 rings (SSSR count). The van der Waals surface area contributed by atoms with Crippen molar-refractivity contribution in [2.24, 2.45) is 0 Å². The Balaban J connectivity index is 0.00000150. The Morgan fingerprint density at radius 2 is 1.37 bits per heavy atom. The van der Waals surface area contributed by atoms with Crippen LogP contribution in [0.15, 0.2) is 60.7 Å². The van der Waals surface area contributed by atoms with Crippen LogP contribution in [0, 0.1) is 0 Å². The number of nitrogen functional groups attached to an aromatic ring is 1. The van der Waals surface area contributed by atoms with Gasteiger partial charge in [0.2, 0.25) is 0 Å². The van der Waals surface area contributed by atoms with Gasteiger partial charge < -0.3 is 5.73 Å². The van der Waals surface area contributed by atoms with E-state index in [1.165, 1.54) is 22.5 Å². The lowest BCUT2D eigenvalue weighted by atomic mass is 9.96. The highest BCUT2D eigenvalue weighted by molar-refractivity contribution is 7.19. The molecule has 9 heteroatoms. The highest BCUT2D eigenvalue weighted by Crippen LogP contribution is 2.31. The smallest absolute Gasteiger partial charge is 0.181 e. The van der Waals surface area contributed by atoms with Crippen molar-refractivity contribution in [3.05, 3.63) is 81.8 Å². The molecule has 0 spiro atoms. The van der Waals surface area contributed by atoms with Gasteiger partial charge in [0, 0.05) is 32.7 Å². The number of aromatic nitrogens is 1. The van der Waals surface area contributed by atoms with Crippen LogP contribution in [0.5, 0.6) is 0 Å². The minimum atomic E-state index is 0. The Bertz CT molecular complexity index is 832. The van der Waals surface area contributed by atoms with Crippen LogP contribution in [0.3, 0.4) is 0 Å². The lowest BCUT2D eigenvalue weighted by Gasteiger charge is -2.39. The molecule has 1 aliphatic heterocycles. The maximum atomic E-state index is 6.24. The summed E-state index contributed by atoms with van der Waals surface area (Å²) in [5.41, 5.74) is 9.35. The molecule has 0 saturated carbocycles. The van der Waals surface area contributed by atoms with Gasteiger partial charge >= 0.3 is 0 Å². The summed E-state index contributed by atoms with van der Waals surface area (Å²) in [6.45, 7) is 4.76. The van der Waals surface area contributed by atoms with Crippen LogP contribution in [-0.4, -0.2) is 41.0 Å². The minimum absolute atomic E-state index is 0. The first-order valence-corrected chi connectivity index (χ1v) is 10.4. The van der Waals surface area contributed by atoms with Crippen LogP contribution in [0.2, 0.25) is 4.34 Å². The van der Waals surface area contributed by atoms with Gasteiger partial charge in [-0.2, -0.15) is 0 Å². The molecule has 0 atom stereocenters. The fraction of sp³-hybridized carbons (Fsp3) is 0.286. The average Bonchev–Trinajstić information content (AvgIpc) is 3.02. The summed E-state index contributed by atoms with van der Waals surface area (Å²) in [5.74, 6) is 0. The van der Waals surface area contributed by atoms with Crippen LogP contribution in [0.4, 0.5) is 5.13 Å². The molecule has 2 heterocycles. The molecule has 1 fully saturated rings. The monoisotopic (exact) mass is 506 g/mol. The van der Waals surface area contributed by atoms with E-state index in [-0.39, 0.29) is 43.3 Å². The first kappa shape index (κ1) is 27.0. The number of hydrogen-bond donors (Lipinski definition) is 1. The first-order valence-electron chi connectivity index (χ1n) is 9.17. The second-order valence-corrected chi connectivity index (χ2v) is 8.44. The molecule has 0 aliphatic carbocycles. The molecule has 0 radical (unpaired) electrons. The molecule has 0 bridgehead atoms. The van der Waals surface area contributed by atoms with Gasteiger partial charge in [0.15, 0.2) is 5.13 Å². The second-order valence-electron chi connectivity index (χ2n) is 6.81. The van der Waals surface area contributed by atoms with Crippen LogP contribution < -0.4 is 5.73 Å². The number of anilines is 1. The fourth-order valence-corrected chi connectivity index (χ4v) is 4.63. The summed E-state index contributed by atoms with van der Waals surface area (Å²) in [4.78, 5) is 9.34. The molecule has 3 aromatic rings. The van der Waals surface area contributed by atoms with Gasteiger partial charge in [-0.1, -0.05) is 83.6 Å². The minimum Gasteiger partial charge on any atom is -0.375 e. The molecule has 30 heavy (non-hydrogen) atoms. The topological polar surface area (TPSA) is 45.4 Å². The number of piperazine rings is 1. The summed E-state index contributed by atoms with van der Waals surface area (Å²) >= 11 is 7.60. The molecule has 0 amide bonds. The van der Waals surface area contributed by atoms with E-state index in [9.17, 15) is 0 Å². The normalized spacial score (nSPS) is 14.5. The number of halogens is 4. The van der Waals surface area contributed by atoms with Crippen LogP contribution >= 0.6 is 60.2 Å². The Labute approximate surface area is 205 Å². The molecule has 1 aromatic heterocycles. The SMILES string of the molecule is Cl.Cl.Cl.Nc1nc(CN2CCN(C(c3ccccc3)c3ccccc3)CC2)c(Cl)s1. The van der Waals surface area contributed by atoms with E-state index in [1.807, 2.05) is 0 Å². The van der Waals surface area contributed by atoms with Crippen molar-refractivity contribution in [2.45, 2.75) is 12.6 Å². The van der Waals surface area contributed by atoms with E-state index in [0.29, 0.717) is 9.47 Å². The Hall–Kier alpha value is -1.05. The van der Waals surface area contributed by atoms with Gasteiger partial charge in [-0.3, -0.25) is 9.80 Å². The quantitative estimate of drug-likeness (QED) is 0.491. The third-order valence-corrected chi connectivity index (χ3v) is 6.21. The number of nitrogens with two attached hydrogens (primary N) is 1. The van der Waals surface area contributed by atoms with Crippen LogP contribution in [-0.2, 0) is 6.54 Å². The van der Waals surface area contributed by atoms with Gasteiger partial charge in [-0.05, 0) is 11.1 Å². The number of benzene rings is 2. The highest BCUT2D eigenvalue weighted by atomic mass is 35.5. The summed E-state index contributed by atoms with van der Waals surface area (Å²) in [5, 5.41) is 0.543. The number of rotatable bonds is 5. The molecular formula is C21H26Cl4N4S. The predicted molar refractivity (Wildman–Crippen MR) is 135 cm³/mol. The van der Waals surface area contributed by atoms with Crippen LogP contribution in [0.25, 0.3) is 0 Å². The molecule has 2 aromatic carbocycles. The standard InChI is InChI=1S/C21H23ClN4S.3ClH/c22-20-18(24-21(23)27-20)15-25-11-13-26(14-12-25)19(16-7-3-1-4-8-16)17-9-5-2-6-10-17;;;/h1-10,19H,11-15H2,(H2,23,24);3*1H. The van der Waals surface area contributed by atoms with E-state index >= 15 is 0 Å². The van der Waals surface area contributed by atoms with E-state index in [1.54, 1.807) is 0 Å². The van der Waals surface area contributed by atoms with Gasteiger partial charge in [0.25, 0.3) is 0 Å². The molecule has 4 nitrogen and oxygen atoms in total. The maximum absolute atomic E-state index is 6.24. The summed E-state index contributed by atoms with van der Waals surface area (Å²) in [7, 11) is 0. The van der Waals surface area contributed by atoms with Crippen molar-refractivity contribution in [1.82, 2.24) is 14.8 Å². The number of nitrogens with zero attached hydrogens (tertiary/aromatic N) is 3. The zero-order valence-electron chi connectivity index (χ0n) is 16.3. The molecule has 1 saturated heterocycles. The molecule has 0 unspecified atom stereocenters. The van der Waals surface area contributed by atoms with Crippen molar-refractivity contribution >= 4 is 65.3 Å². The zero-order valence-corrected chi connectivity index (χ0v) is 20.3. The molecule has 164 valence electrons. The van der Waals surface area contributed by atoms with Gasteiger partial charge in [-0.15, -0.1) is 37.2 Å². The van der Waals surface area contributed by atoms with Gasteiger partial charge in [0.05, 0.1) is 11.7 Å². The van der Waals surface area contributed by atoms with E-state index in [0.717, 1.165) is 38.4 Å². The Morgan fingerprint density at radius 1 is 0.867 bits per heavy atom.